The molecule has 1 amide bonds. The Labute approximate surface area is 215 Å². The summed E-state index contributed by atoms with van der Waals surface area (Å²) >= 11 is 4.57. The van der Waals surface area contributed by atoms with Crippen molar-refractivity contribution in [1.82, 2.24) is 29.8 Å². The molecule has 1 aliphatic heterocycles. The van der Waals surface area contributed by atoms with Crippen molar-refractivity contribution in [3.05, 3.63) is 84.2 Å². The van der Waals surface area contributed by atoms with Gasteiger partial charge in [-0.25, -0.2) is 8.42 Å². The van der Waals surface area contributed by atoms with Crippen molar-refractivity contribution in [3.63, 3.8) is 0 Å². The van der Waals surface area contributed by atoms with Crippen molar-refractivity contribution in [2.75, 3.05) is 13.1 Å². The van der Waals surface area contributed by atoms with E-state index in [9.17, 15) is 13.2 Å². The fourth-order valence-electron chi connectivity index (χ4n) is 4.54. The Morgan fingerprint density at radius 1 is 1.06 bits per heavy atom. The summed E-state index contributed by atoms with van der Waals surface area (Å²) in [7, 11) is -3.92. The number of H-pyrrole nitrogens is 1. The Morgan fingerprint density at radius 2 is 1.81 bits per heavy atom. The summed E-state index contributed by atoms with van der Waals surface area (Å²) in [6, 6.07) is 21.4. The molecular formula is C25H26N6O3S2. The van der Waals surface area contributed by atoms with E-state index in [1.807, 2.05) is 54.6 Å². The normalized spacial score (nSPS) is 18.5. The molecule has 1 aliphatic rings. The molecule has 9 nitrogen and oxygen atoms in total. The van der Waals surface area contributed by atoms with Gasteiger partial charge in [-0.15, -0.1) is 10.2 Å². The fraction of sp³-hybridized carbons (Fsp3) is 0.280. The van der Waals surface area contributed by atoms with Gasteiger partial charge in [0.25, 0.3) is 0 Å². The van der Waals surface area contributed by atoms with Crippen LogP contribution in [0.2, 0.25) is 0 Å². The third-order valence-electron chi connectivity index (χ3n) is 6.37. The minimum Gasteiger partial charge on any atom is -0.337 e. The van der Waals surface area contributed by atoms with Crippen LogP contribution >= 0.6 is 12.6 Å². The van der Waals surface area contributed by atoms with E-state index in [2.05, 4.69) is 33.3 Å². The van der Waals surface area contributed by atoms with Crippen LogP contribution in [0.5, 0.6) is 0 Å². The molecular weight excluding hydrogens is 496 g/mol. The number of rotatable bonds is 8. The van der Waals surface area contributed by atoms with Crippen LogP contribution in [0.4, 0.5) is 0 Å². The monoisotopic (exact) mass is 522 g/mol. The van der Waals surface area contributed by atoms with Crippen molar-refractivity contribution in [2.24, 2.45) is 0 Å². The van der Waals surface area contributed by atoms with Crippen LogP contribution in [0.3, 0.4) is 0 Å². The number of amides is 1. The zero-order chi connectivity index (χ0) is 25.1. The first-order chi connectivity index (χ1) is 17.4. The van der Waals surface area contributed by atoms with E-state index in [1.54, 1.807) is 23.1 Å². The number of nitrogens with one attached hydrogen (secondary N) is 1. The zero-order valence-corrected chi connectivity index (χ0v) is 21.1. The maximum Gasteiger partial charge on any atom is 0.243 e. The Kier molecular flexibility index (Phi) is 7.04. The molecule has 1 aromatic heterocycles. The lowest BCUT2D eigenvalue weighted by Gasteiger charge is -2.30. The molecule has 1 fully saturated rings. The molecule has 3 aromatic carbocycles. The summed E-state index contributed by atoms with van der Waals surface area (Å²) in [6.45, 7) is 0.832. The van der Waals surface area contributed by atoms with Crippen molar-refractivity contribution < 1.29 is 13.2 Å². The van der Waals surface area contributed by atoms with E-state index >= 15 is 0 Å². The summed E-state index contributed by atoms with van der Waals surface area (Å²) in [5, 5.41) is 15.5. The van der Waals surface area contributed by atoms with Gasteiger partial charge in [-0.1, -0.05) is 65.9 Å². The van der Waals surface area contributed by atoms with Crippen LogP contribution in [-0.4, -0.2) is 68.5 Å². The topological polar surface area (TPSA) is 112 Å². The number of benzene rings is 3. The summed E-state index contributed by atoms with van der Waals surface area (Å²) in [4.78, 5) is 15.7. The molecule has 4 aromatic rings. The Hall–Kier alpha value is -3.28. The number of aromatic amines is 1. The second kappa shape index (κ2) is 10.4. The van der Waals surface area contributed by atoms with Gasteiger partial charge in [-0.05, 0) is 34.9 Å². The largest absolute Gasteiger partial charge is 0.337 e. The van der Waals surface area contributed by atoms with Crippen molar-refractivity contribution in [2.45, 2.75) is 35.6 Å². The number of thiol groups is 1. The second-order valence-corrected chi connectivity index (χ2v) is 11.4. The van der Waals surface area contributed by atoms with Gasteiger partial charge in [-0.2, -0.15) is 22.1 Å². The van der Waals surface area contributed by atoms with E-state index in [0.717, 1.165) is 16.3 Å². The first-order valence-electron chi connectivity index (χ1n) is 11.7. The van der Waals surface area contributed by atoms with Gasteiger partial charge in [0.1, 0.15) is 6.04 Å². The van der Waals surface area contributed by atoms with Crippen LogP contribution in [0.1, 0.15) is 17.8 Å². The number of aromatic nitrogens is 4. The van der Waals surface area contributed by atoms with Crippen LogP contribution < -0.4 is 0 Å². The van der Waals surface area contributed by atoms with Gasteiger partial charge >= 0.3 is 0 Å². The van der Waals surface area contributed by atoms with E-state index in [1.165, 1.54) is 4.31 Å². The van der Waals surface area contributed by atoms with Gasteiger partial charge in [0.05, 0.1) is 4.90 Å². The number of nitrogens with zero attached hydrogens (tertiary/aromatic N) is 5. The Balaban J connectivity index is 1.43. The number of sulfonamides is 1. The molecule has 186 valence electrons. The highest BCUT2D eigenvalue weighted by molar-refractivity contribution is 7.89. The molecule has 1 N–H and O–H groups in total. The minimum absolute atomic E-state index is 0.165. The Bertz CT molecular complexity index is 1450. The standard InChI is InChI=1S/C25H26N6O3S2/c32-25(30(13-12-24-26-28-29-27-24)16-18-6-2-1-3-7-18)23-15-21(35)17-31(23)36(33,34)22-11-10-19-8-4-5-9-20(19)14-22/h1-11,14,21,23,35H,12-13,15-17H2,(H,26,27,28,29)/t21-,23+/m1/s1. The van der Waals surface area contributed by atoms with Crippen LogP contribution in [-0.2, 0) is 27.8 Å². The molecule has 1 saturated heterocycles. The molecule has 0 spiro atoms. The average Bonchev–Trinajstić information content (AvgIpc) is 3.56. The lowest BCUT2D eigenvalue weighted by Crippen LogP contribution is -2.48. The molecule has 5 rings (SSSR count). The summed E-state index contributed by atoms with van der Waals surface area (Å²) in [6.07, 6.45) is 0.728. The molecule has 0 aliphatic carbocycles. The maximum absolute atomic E-state index is 13.9. The maximum atomic E-state index is 13.9. The molecule has 36 heavy (non-hydrogen) atoms. The molecule has 0 radical (unpaired) electrons. The minimum atomic E-state index is -3.92. The van der Waals surface area contributed by atoms with E-state index in [0.29, 0.717) is 31.8 Å². The van der Waals surface area contributed by atoms with Crippen molar-refractivity contribution in [3.8, 4) is 0 Å². The van der Waals surface area contributed by atoms with Crippen LogP contribution in [0.25, 0.3) is 10.8 Å². The summed E-state index contributed by atoms with van der Waals surface area (Å²) in [5.74, 6) is 0.225. The molecule has 2 heterocycles. The predicted molar refractivity (Wildman–Crippen MR) is 139 cm³/mol. The summed E-state index contributed by atoms with van der Waals surface area (Å²) < 4.78 is 28.8. The van der Waals surface area contributed by atoms with Gasteiger partial charge in [-0.3, -0.25) is 4.79 Å². The highest BCUT2D eigenvalue weighted by atomic mass is 32.2. The predicted octanol–water partition coefficient (Wildman–Crippen LogP) is 2.69. The molecule has 11 heteroatoms. The highest BCUT2D eigenvalue weighted by Gasteiger charge is 2.44. The van der Waals surface area contributed by atoms with E-state index in [-0.39, 0.29) is 22.6 Å². The first-order valence-corrected chi connectivity index (χ1v) is 13.6. The highest BCUT2D eigenvalue weighted by Crippen LogP contribution is 2.31. The third-order valence-corrected chi connectivity index (χ3v) is 8.61. The lowest BCUT2D eigenvalue weighted by molar-refractivity contribution is -0.135. The molecule has 0 unspecified atom stereocenters. The average molecular weight is 523 g/mol. The van der Waals surface area contributed by atoms with Crippen LogP contribution in [0, 0.1) is 0 Å². The number of fused-ring (bicyclic) bond motifs is 1. The number of carbonyl (C=O) groups excluding carboxylic acids is 1. The SMILES string of the molecule is O=C([C@@H]1C[C@@H](S)CN1S(=O)(=O)c1ccc2ccccc2c1)N(CCc1nn[nH]n1)Cc1ccccc1. The molecule has 0 bridgehead atoms. The van der Waals surface area contributed by atoms with E-state index in [4.69, 9.17) is 0 Å². The molecule has 0 saturated carbocycles. The lowest BCUT2D eigenvalue weighted by atomic mass is 10.1. The van der Waals surface area contributed by atoms with Crippen molar-refractivity contribution >= 4 is 39.3 Å². The zero-order valence-electron chi connectivity index (χ0n) is 19.4. The first kappa shape index (κ1) is 24.4. The second-order valence-electron chi connectivity index (χ2n) is 8.81. The van der Waals surface area contributed by atoms with E-state index < -0.39 is 16.1 Å². The molecule has 2 atom stereocenters. The number of hydrogen-bond donors (Lipinski definition) is 2. The van der Waals surface area contributed by atoms with Gasteiger partial charge in [0, 0.05) is 31.3 Å². The number of carbonyl (C=O) groups is 1. The summed E-state index contributed by atoms with van der Waals surface area (Å²) in [5.41, 5.74) is 0.948. The quantitative estimate of drug-likeness (QED) is 0.344. The number of hydrogen-bond acceptors (Lipinski definition) is 7. The third kappa shape index (κ3) is 5.13. The smallest absolute Gasteiger partial charge is 0.243 e. The van der Waals surface area contributed by atoms with Gasteiger partial charge < -0.3 is 4.90 Å². The Morgan fingerprint density at radius 3 is 2.56 bits per heavy atom. The van der Waals surface area contributed by atoms with Crippen LogP contribution in [0.15, 0.2) is 77.7 Å². The number of tetrazole rings is 1. The van der Waals surface area contributed by atoms with Gasteiger partial charge in [0.15, 0.2) is 5.82 Å². The van der Waals surface area contributed by atoms with Crippen molar-refractivity contribution in [1.29, 1.82) is 0 Å². The fourth-order valence-corrected chi connectivity index (χ4v) is 6.70. The van der Waals surface area contributed by atoms with Gasteiger partial charge in [0.2, 0.25) is 15.9 Å².